The van der Waals surface area contributed by atoms with Crippen molar-refractivity contribution < 1.29 is 0 Å². The number of rotatable bonds is 3. The smallest absolute Gasteiger partial charge is 0.0839 e. The predicted molar refractivity (Wildman–Crippen MR) is 80.9 cm³/mol. The highest BCUT2D eigenvalue weighted by molar-refractivity contribution is 9.10. The summed E-state index contributed by atoms with van der Waals surface area (Å²) in [5, 5.41) is 5.75. The van der Waals surface area contributed by atoms with E-state index < -0.39 is 0 Å². The molecule has 2 N–H and O–H groups in total. The van der Waals surface area contributed by atoms with Crippen molar-refractivity contribution in [2.75, 3.05) is 0 Å². The third kappa shape index (κ3) is 2.41. The molecule has 0 saturated heterocycles. The standard InChI is InChI=1S/C15H14BrN3/c16-12-7-5-11(6-8-12)10-19-15-4-2-1-3-13(15)14(9-17)18-19/h1-8H,9-10,17H2. The summed E-state index contributed by atoms with van der Waals surface area (Å²) < 4.78 is 3.10. The summed E-state index contributed by atoms with van der Waals surface area (Å²) in [6.07, 6.45) is 0. The van der Waals surface area contributed by atoms with Gasteiger partial charge < -0.3 is 5.73 Å². The van der Waals surface area contributed by atoms with Crippen LogP contribution in [0.1, 0.15) is 11.3 Å². The van der Waals surface area contributed by atoms with Crippen LogP contribution in [0, 0.1) is 0 Å². The van der Waals surface area contributed by atoms with Crippen LogP contribution in [0.4, 0.5) is 0 Å². The van der Waals surface area contributed by atoms with E-state index in [1.54, 1.807) is 0 Å². The summed E-state index contributed by atoms with van der Waals surface area (Å²) >= 11 is 3.45. The van der Waals surface area contributed by atoms with Gasteiger partial charge in [0.25, 0.3) is 0 Å². The first-order valence-corrected chi connectivity index (χ1v) is 6.96. The van der Waals surface area contributed by atoms with Gasteiger partial charge >= 0.3 is 0 Å². The lowest BCUT2D eigenvalue weighted by molar-refractivity contribution is 0.694. The molecule has 3 aromatic rings. The molecule has 0 radical (unpaired) electrons. The highest BCUT2D eigenvalue weighted by atomic mass is 79.9. The van der Waals surface area contributed by atoms with Gasteiger partial charge in [-0.15, -0.1) is 0 Å². The molecule has 19 heavy (non-hydrogen) atoms. The Bertz CT molecular complexity index is 701. The van der Waals surface area contributed by atoms with Gasteiger partial charge in [0.2, 0.25) is 0 Å². The summed E-state index contributed by atoms with van der Waals surface area (Å²) in [6.45, 7) is 1.22. The van der Waals surface area contributed by atoms with Crippen LogP contribution >= 0.6 is 15.9 Å². The molecule has 0 bridgehead atoms. The summed E-state index contributed by atoms with van der Waals surface area (Å²) in [7, 11) is 0. The summed E-state index contributed by atoms with van der Waals surface area (Å²) in [6, 6.07) is 16.5. The summed E-state index contributed by atoms with van der Waals surface area (Å²) in [5.74, 6) is 0. The lowest BCUT2D eigenvalue weighted by atomic mass is 10.2. The number of nitrogens with zero attached hydrogens (tertiary/aromatic N) is 2. The van der Waals surface area contributed by atoms with E-state index in [1.807, 2.05) is 28.9 Å². The maximum atomic E-state index is 5.76. The van der Waals surface area contributed by atoms with Crippen molar-refractivity contribution >= 4 is 26.8 Å². The lowest BCUT2D eigenvalue weighted by Gasteiger charge is -2.04. The Morgan fingerprint density at radius 2 is 1.79 bits per heavy atom. The highest BCUT2D eigenvalue weighted by Gasteiger charge is 2.08. The van der Waals surface area contributed by atoms with Crippen molar-refractivity contribution in [3.05, 3.63) is 64.3 Å². The lowest BCUT2D eigenvalue weighted by Crippen LogP contribution is -2.03. The maximum absolute atomic E-state index is 5.76. The van der Waals surface area contributed by atoms with Crippen molar-refractivity contribution in [1.29, 1.82) is 0 Å². The summed E-state index contributed by atoms with van der Waals surface area (Å²) in [4.78, 5) is 0. The van der Waals surface area contributed by atoms with Crippen molar-refractivity contribution in [3.63, 3.8) is 0 Å². The summed E-state index contributed by atoms with van der Waals surface area (Å²) in [5.41, 5.74) is 9.06. The maximum Gasteiger partial charge on any atom is 0.0839 e. The van der Waals surface area contributed by atoms with E-state index >= 15 is 0 Å². The predicted octanol–water partition coefficient (Wildman–Crippen LogP) is 3.31. The number of fused-ring (bicyclic) bond motifs is 1. The molecule has 1 aromatic heterocycles. The number of nitrogens with two attached hydrogens (primary N) is 1. The van der Waals surface area contributed by atoms with Crippen LogP contribution in [0.2, 0.25) is 0 Å². The first-order chi connectivity index (χ1) is 9.28. The molecule has 96 valence electrons. The van der Waals surface area contributed by atoms with Crippen LogP contribution in [-0.2, 0) is 13.1 Å². The molecular weight excluding hydrogens is 302 g/mol. The normalized spacial score (nSPS) is 11.1. The van der Waals surface area contributed by atoms with Crippen molar-refractivity contribution in [2.45, 2.75) is 13.1 Å². The molecule has 0 aliphatic heterocycles. The molecule has 0 unspecified atom stereocenters. The molecule has 4 heteroatoms. The van der Waals surface area contributed by atoms with Gasteiger partial charge in [-0.2, -0.15) is 5.10 Å². The van der Waals surface area contributed by atoms with Crippen molar-refractivity contribution in [3.8, 4) is 0 Å². The zero-order valence-corrected chi connectivity index (χ0v) is 12.0. The molecular formula is C15H14BrN3. The van der Waals surface area contributed by atoms with Crippen LogP contribution in [0.3, 0.4) is 0 Å². The number of aromatic nitrogens is 2. The Morgan fingerprint density at radius 3 is 2.53 bits per heavy atom. The number of halogens is 1. The van der Waals surface area contributed by atoms with Crippen LogP contribution in [0.5, 0.6) is 0 Å². The molecule has 1 heterocycles. The largest absolute Gasteiger partial charge is 0.325 e. The van der Waals surface area contributed by atoms with Gasteiger partial charge in [0.05, 0.1) is 17.8 Å². The molecule has 0 amide bonds. The second-order valence-electron chi connectivity index (χ2n) is 4.45. The van der Waals surface area contributed by atoms with Crippen molar-refractivity contribution in [1.82, 2.24) is 9.78 Å². The van der Waals surface area contributed by atoms with E-state index in [0.717, 1.165) is 27.6 Å². The zero-order valence-electron chi connectivity index (χ0n) is 10.4. The number of hydrogen-bond acceptors (Lipinski definition) is 2. The fraction of sp³-hybridized carbons (Fsp3) is 0.133. The fourth-order valence-corrected chi connectivity index (χ4v) is 2.49. The number of hydrogen-bond donors (Lipinski definition) is 1. The van der Waals surface area contributed by atoms with E-state index in [9.17, 15) is 0 Å². The Morgan fingerprint density at radius 1 is 1.05 bits per heavy atom. The number of benzene rings is 2. The molecule has 0 aliphatic carbocycles. The molecule has 3 nitrogen and oxygen atoms in total. The monoisotopic (exact) mass is 315 g/mol. The van der Waals surface area contributed by atoms with Gasteiger partial charge in [-0.1, -0.05) is 46.3 Å². The SMILES string of the molecule is NCc1nn(Cc2ccc(Br)cc2)c2ccccc12. The zero-order chi connectivity index (χ0) is 13.2. The van der Waals surface area contributed by atoms with E-state index in [0.29, 0.717) is 6.54 Å². The molecule has 0 spiro atoms. The third-order valence-corrected chi connectivity index (χ3v) is 3.70. The molecule has 0 fully saturated rings. The van der Waals surface area contributed by atoms with Gasteiger partial charge in [0, 0.05) is 16.4 Å². The first kappa shape index (κ1) is 12.4. The van der Waals surface area contributed by atoms with E-state index in [-0.39, 0.29) is 0 Å². The van der Waals surface area contributed by atoms with E-state index in [1.165, 1.54) is 5.56 Å². The first-order valence-electron chi connectivity index (χ1n) is 6.17. The van der Waals surface area contributed by atoms with E-state index in [4.69, 9.17) is 5.73 Å². The minimum absolute atomic E-state index is 0.466. The average Bonchev–Trinajstić information content (AvgIpc) is 2.80. The second kappa shape index (κ2) is 5.15. The molecule has 2 aromatic carbocycles. The van der Waals surface area contributed by atoms with Crippen LogP contribution in [0.15, 0.2) is 53.0 Å². The van der Waals surface area contributed by atoms with Gasteiger partial charge in [-0.3, -0.25) is 4.68 Å². The van der Waals surface area contributed by atoms with Gasteiger partial charge in [0.1, 0.15) is 0 Å². The Hall–Kier alpha value is -1.65. The van der Waals surface area contributed by atoms with Crippen LogP contribution < -0.4 is 5.73 Å². The highest BCUT2D eigenvalue weighted by Crippen LogP contribution is 2.19. The second-order valence-corrected chi connectivity index (χ2v) is 5.37. The Labute approximate surface area is 120 Å². The van der Waals surface area contributed by atoms with Gasteiger partial charge in [0.15, 0.2) is 0 Å². The van der Waals surface area contributed by atoms with Crippen LogP contribution in [-0.4, -0.2) is 9.78 Å². The minimum Gasteiger partial charge on any atom is -0.325 e. The topological polar surface area (TPSA) is 43.8 Å². The Kier molecular flexibility index (Phi) is 3.36. The van der Waals surface area contributed by atoms with Crippen molar-refractivity contribution in [2.24, 2.45) is 5.73 Å². The van der Waals surface area contributed by atoms with Gasteiger partial charge in [-0.05, 0) is 23.8 Å². The molecule has 3 rings (SSSR count). The minimum atomic E-state index is 0.466. The van der Waals surface area contributed by atoms with Gasteiger partial charge in [-0.25, -0.2) is 0 Å². The number of para-hydroxylation sites is 1. The van der Waals surface area contributed by atoms with E-state index in [2.05, 4.69) is 45.3 Å². The third-order valence-electron chi connectivity index (χ3n) is 3.17. The molecule has 0 saturated carbocycles. The molecule has 0 atom stereocenters. The Balaban J connectivity index is 2.03. The quantitative estimate of drug-likeness (QED) is 0.806. The fourth-order valence-electron chi connectivity index (χ4n) is 2.23. The molecule has 0 aliphatic rings. The van der Waals surface area contributed by atoms with Crippen LogP contribution in [0.25, 0.3) is 10.9 Å². The average molecular weight is 316 g/mol.